The van der Waals surface area contributed by atoms with Crippen LogP contribution in [0.25, 0.3) is 10.9 Å². The van der Waals surface area contributed by atoms with Crippen LogP contribution >= 0.6 is 0 Å². The highest BCUT2D eigenvalue weighted by atomic mass is 16.3. The van der Waals surface area contributed by atoms with Gasteiger partial charge in [0, 0.05) is 18.5 Å². The lowest BCUT2D eigenvalue weighted by Gasteiger charge is -2.35. The van der Waals surface area contributed by atoms with Crippen LogP contribution in [-0.4, -0.2) is 34.3 Å². The highest BCUT2D eigenvalue weighted by Gasteiger charge is 2.25. The third kappa shape index (κ3) is 1.93. The van der Waals surface area contributed by atoms with Gasteiger partial charge in [0.2, 0.25) is 0 Å². The fourth-order valence-corrected chi connectivity index (χ4v) is 2.48. The summed E-state index contributed by atoms with van der Waals surface area (Å²) in [6.45, 7) is 3.70. The van der Waals surface area contributed by atoms with Gasteiger partial charge >= 0.3 is 0 Å². The van der Waals surface area contributed by atoms with Crippen LogP contribution in [0, 0.1) is 5.92 Å². The van der Waals surface area contributed by atoms with Gasteiger partial charge in [-0.05, 0) is 24.5 Å². The molecular weight excluding hydrogens is 226 g/mol. The molecule has 4 heteroatoms. The summed E-state index contributed by atoms with van der Waals surface area (Å²) < 4.78 is 0. The number of aromatic nitrogens is 2. The fraction of sp³-hybridized carbons (Fsp3) is 0.429. The molecule has 1 aromatic heterocycles. The highest BCUT2D eigenvalue weighted by molar-refractivity contribution is 5.89. The molecule has 1 aromatic carbocycles. The van der Waals surface area contributed by atoms with Crippen LogP contribution in [0.15, 0.2) is 30.6 Å². The van der Waals surface area contributed by atoms with E-state index >= 15 is 0 Å². The molecule has 0 saturated carbocycles. The van der Waals surface area contributed by atoms with Crippen molar-refractivity contribution in [2.24, 2.45) is 5.92 Å². The second kappa shape index (κ2) is 4.53. The molecule has 1 N–H and O–H groups in total. The van der Waals surface area contributed by atoms with Crippen LogP contribution in [0.1, 0.15) is 13.3 Å². The molecule has 1 aliphatic heterocycles. The Labute approximate surface area is 106 Å². The molecule has 4 nitrogen and oxygen atoms in total. The molecule has 1 aliphatic rings. The number of hydrogen-bond donors (Lipinski definition) is 1. The first-order chi connectivity index (χ1) is 8.75. The van der Waals surface area contributed by atoms with E-state index < -0.39 is 0 Å². The number of β-amino-alcohol motifs (C(OH)–C–C–N with tert-alkyl or cyclic N) is 1. The number of hydrogen-bond acceptors (Lipinski definition) is 4. The molecule has 1 fully saturated rings. The molecule has 0 bridgehead atoms. The lowest BCUT2D eigenvalue weighted by Crippen LogP contribution is -2.43. The minimum Gasteiger partial charge on any atom is -0.391 e. The maximum Gasteiger partial charge on any atom is 0.139 e. The van der Waals surface area contributed by atoms with E-state index in [9.17, 15) is 5.11 Å². The van der Waals surface area contributed by atoms with E-state index in [4.69, 9.17) is 0 Å². The zero-order chi connectivity index (χ0) is 12.5. The fourth-order valence-electron chi connectivity index (χ4n) is 2.48. The number of para-hydroxylation sites is 1. The SMILES string of the molecule is CC1CCN(c2ncnc3ccccc23)CC1O. The number of rotatable bonds is 1. The maximum absolute atomic E-state index is 10.00. The lowest BCUT2D eigenvalue weighted by atomic mass is 9.96. The second-order valence-corrected chi connectivity index (χ2v) is 4.99. The molecule has 0 amide bonds. The Morgan fingerprint density at radius 2 is 2.11 bits per heavy atom. The van der Waals surface area contributed by atoms with Crippen LogP contribution in [0.5, 0.6) is 0 Å². The molecule has 0 spiro atoms. The normalized spacial score (nSPS) is 24.4. The van der Waals surface area contributed by atoms with Crippen LogP contribution in [-0.2, 0) is 0 Å². The third-order valence-corrected chi connectivity index (χ3v) is 3.74. The predicted octanol–water partition coefficient (Wildman–Crippen LogP) is 1.84. The van der Waals surface area contributed by atoms with Crippen molar-refractivity contribution in [3.05, 3.63) is 30.6 Å². The van der Waals surface area contributed by atoms with E-state index in [0.29, 0.717) is 12.5 Å². The molecule has 18 heavy (non-hydrogen) atoms. The summed E-state index contributed by atoms with van der Waals surface area (Å²) in [7, 11) is 0. The number of benzene rings is 1. The first-order valence-corrected chi connectivity index (χ1v) is 6.38. The van der Waals surface area contributed by atoms with Gasteiger partial charge in [-0.2, -0.15) is 0 Å². The summed E-state index contributed by atoms with van der Waals surface area (Å²) in [6, 6.07) is 8.00. The van der Waals surface area contributed by atoms with Gasteiger partial charge < -0.3 is 10.0 Å². The molecule has 0 radical (unpaired) electrons. The van der Waals surface area contributed by atoms with Crippen molar-refractivity contribution < 1.29 is 5.11 Å². The van der Waals surface area contributed by atoms with Crippen LogP contribution in [0.3, 0.4) is 0 Å². The summed E-state index contributed by atoms with van der Waals surface area (Å²) in [5.74, 6) is 1.31. The molecule has 0 aliphatic carbocycles. The summed E-state index contributed by atoms with van der Waals surface area (Å²) >= 11 is 0. The van der Waals surface area contributed by atoms with Gasteiger partial charge in [-0.25, -0.2) is 9.97 Å². The average molecular weight is 243 g/mol. The van der Waals surface area contributed by atoms with E-state index in [1.54, 1.807) is 6.33 Å². The molecule has 2 heterocycles. The summed E-state index contributed by atoms with van der Waals surface area (Å²) in [5.41, 5.74) is 0.954. The van der Waals surface area contributed by atoms with Crippen LogP contribution < -0.4 is 4.90 Å². The summed E-state index contributed by atoms with van der Waals surface area (Å²) in [6.07, 6.45) is 2.33. The third-order valence-electron chi connectivity index (χ3n) is 3.74. The van der Waals surface area contributed by atoms with E-state index in [1.807, 2.05) is 24.3 Å². The van der Waals surface area contributed by atoms with Gasteiger partial charge in [0.25, 0.3) is 0 Å². The van der Waals surface area contributed by atoms with Gasteiger partial charge in [0.1, 0.15) is 12.1 Å². The van der Waals surface area contributed by atoms with Crippen molar-refractivity contribution in [3.63, 3.8) is 0 Å². The first kappa shape index (κ1) is 11.4. The Morgan fingerprint density at radius 3 is 2.94 bits per heavy atom. The van der Waals surface area contributed by atoms with Gasteiger partial charge in [0.05, 0.1) is 11.6 Å². The van der Waals surface area contributed by atoms with Crippen LogP contribution in [0.4, 0.5) is 5.82 Å². The number of nitrogens with zero attached hydrogens (tertiary/aromatic N) is 3. The topological polar surface area (TPSA) is 49.2 Å². The van der Waals surface area contributed by atoms with Crippen molar-refractivity contribution in [2.45, 2.75) is 19.4 Å². The van der Waals surface area contributed by atoms with Gasteiger partial charge in [0.15, 0.2) is 0 Å². The summed E-state index contributed by atoms with van der Waals surface area (Å²) in [5, 5.41) is 11.1. The lowest BCUT2D eigenvalue weighted by molar-refractivity contribution is 0.103. The average Bonchev–Trinajstić information content (AvgIpc) is 2.41. The standard InChI is InChI=1S/C14H17N3O/c1-10-6-7-17(8-13(10)18)14-11-4-2-3-5-12(11)15-9-16-14/h2-5,9-10,13,18H,6-8H2,1H3. The van der Waals surface area contributed by atoms with Gasteiger partial charge in [-0.3, -0.25) is 0 Å². The molecule has 3 rings (SSSR count). The van der Waals surface area contributed by atoms with Gasteiger partial charge in [-0.1, -0.05) is 19.1 Å². The van der Waals surface area contributed by atoms with Crippen molar-refractivity contribution >= 4 is 16.7 Å². The molecule has 2 aromatic rings. The zero-order valence-electron chi connectivity index (χ0n) is 10.5. The predicted molar refractivity (Wildman–Crippen MR) is 71.5 cm³/mol. The first-order valence-electron chi connectivity index (χ1n) is 6.38. The van der Waals surface area contributed by atoms with Gasteiger partial charge in [-0.15, -0.1) is 0 Å². The largest absolute Gasteiger partial charge is 0.391 e. The Balaban J connectivity index is 1.99. The molecule has 2 atom stereocenters. The number of piperidine rings is 1. The molecule has 94 valence electrons. The maximum atomic E-state index is 10.00. The van der Waals surface area contributed by atoms with E-state index in [1.165, 1.54) is 0 Å². The number of anilines is 1. The second-order valence-electron chi connectivity index (χ2n) is 4.99. The minimum absolute atomic E-state index is 0.271. The van der Waals surface area contributed by atoms with Crippen molar-refractivity contribution in [1.29, 1.82) is 0 Å². The van der Waals surface area contributed by atoms with Crippen LogP contribution in [0.2, 0.25) is 0 Å². The van der Waals surface area contributed by atoms with E-state index in [2.05, 4.69) is 21.8 Å². The number of aliphatic hydroxyl groups excluding tert-OH is 1. The number of aliphatic hydroxyl groups is 1. The Kier molecular flexibility index (Phi) is 2.88. The molecular formula is C14H17N3O. The van der Waals surface area contributed by atoms with Crippen molar-refractivity contribution in [2.75, 3.05) is 18.0 Å². The quantitative estimate of drug-likeness (QED) is 0.830. The highest BCUT2D eigenvalue weighted by Crippen LogP contribution is 2.27. The van der Waals surface area contributed by atoms with E-state index in [-0.39, 0.29) is 6.10 Å². The Morgan fingerprint density at radius 1 is 1.28 bits per heavy atom. The smallest absolute Gasteiger partial charge is 0.139 e. The Bertz CT molecular complexity index is 552. The summed E-state index contributed by atoms with van der Waals surface area (Å²) in [4.78, 5) is 10.8. The molecule has 1 saturated heterocycles. The monoisotopic (exact) mass is 243 g/mol. The Hall–Kier alpha value is -1.68. The number of fused-ring (bicyclic) bond motifs is 1. The van der Waals surface area contributed by atoms with Crippen molar-refractivity contribution in [1.82, 2.24) is 9.97 Å². The molecule has 2 unspecified atom stereocenters. The zero-order valence-corrected chi connectivity index (χ0v) is 10.5. The van der Waals surface area contributed by atoms with E-state index in [0.717, 1.165) is 29.7 Å². The minimum atomic E-state index is -0.271. The van der Waals surface area contributed by atoms with Crippen molar-refractivity contribution in [3.8, 4) is 0 Å².